The summed E-state index contributed by atoms with van der Waals surface area (Å²) in [5.41, 5.74) is 1.28. The first-order chi connectivity index (χ1) is 9.15. The first kappa shape index (κ1) is 14.9. The van der Waals surface area contributed by atoms with Crippen molar-refractivity contribution >= 4 is 15.9 Å². The lowest BCUT2D eigenvalue weighted by atomic mass is 9.98. The number of aromatic nitrogens is 1. The Kier molecular flexibility index (Phi) is 5.79. The molecule has 1 aromatic rings. The van der Waals surface area contributed by atoms with Crippen molar-refractivity contribution in [2.45, 2.75) is 39.3 Å². The number of rotatable bonds is 5. The second kappa shape index (κ2) is 7.36. The van der Waals surface area contributed by atoms with Crippen LogP contribution in [-0.4, -0.2) is 35.6 Å². The Balaban J connectivity index is 1.95. The van der Waals surface area contributed by atoms with Crippen molar-refractivity contribution in [3.8, 4) is 0 Å². The number of nitrogens with zero attached hydrogens (tertiary/aromatic N) is 2. The molecule has 1 aromatic heterocycles. The fourth-order valence-corrected chi connectivity index (χ4v) is 3.06. The van der Waals surface area contributed by atoms with Gasteiger partial charge in [-0.3, -0.25) is 9.88 Å². The fourth-order valence-electron chi connectivity index (χ4n) is 2.65. The van der Waals surface area contributed by atoms with E-state index in [0.717, 1.165) is 16.9 Å². The van der Waals surface area contributed by atoms with Crippen LogP contribution < -0.4 is 5.32 Å². The van der Waals surface area contributed by atoms with E-state index >= 15 is 0 Å². The molecule has 0 aromatic carbocycles. The third-order valence-electron chi connectivity index (χ3n) is 3.77. The standard InChI is InChI=1S/C15H24BrN3/c1-12(2)19(10-13-4-3-5-17-7-13)11-14-6-15(16)9-18-8-14/h6,8-9,12-13,17H,3-5,7,10-11H2,1-2H3. The molecule has 1 saturated heterocycles. The Morgan fingerprint density at radius 3 is 2.95 bits per heavy atom. The average Bonchev–Trinajstić information content (AvgIpc) is 2.39. The van der Waals surface area contributed by atoms with Crippen LogP contribution in [0.4, 0.5) is 0 Å². The molecule has 1 unspecified atom stereocenters. The summed E-state index contributed by atoms with van der Waals surface area (Å²) in [7, 11) is 0. The third-order valence-corrected chi connectivity index (χ3v) is 4.20. The SMILES string of the molecule is CC(C)N(Cc1cncc(Br)c1)CC1CCCNC1. The predicted octanol–water partition coefficient (Wildman–Crippen LogP) is 3.05. The summed E-state index contributed by atoms with van der Waals surface area (Å²) >= 11 is 3.50. The molecule has 0 radical (unpaired) electrons. The molecule has 0 saturated carbocycles. The molecule has 106 valence electrons. The van der Waals surface area contributed by atoms with Gasteiger partial charge in [-0.2, -0.15) is 0 Å². The van der Waals surface area contributed by atoms with Crippen molar-refractivity contribution in [3.05, 3.63) is 28.5 Å². The Labute approximate surface area is 124 Å². The van der Waals surface area contributed by atoms with Crippen LogP contribution in [0.3, 0.4) is 0 Å². The Bertz CT molecular complexity index is 389. The zero-order chi connectivity index (χ0) is 13.7. The number of hydrogen-bond donors (Lipinski definition) is 1. The maximum atomic E-state index is 4.26. The molecule has 4 heteroatoms. The summed E-state index contributed by atoms with van der Waals surface area (Å²) < 4.78 is 1.06. The summed E-state index contributed by atoms with van der Waals surface area (Å²) in [6.45, 7) is 9.08. The van der Waals surface area contributed by atoms with Crippen LogP contribution in [0.25, 0.3) is 0 Å². The van der Waals surface area contributed by atoms with Crippen LogP contribution in [0.2, 0.25) is 0 Å². The minimum absolute atomic E-state index is 0.570. The van der Waals surface area contributed by atoms with Crippen LogP contribution in [0.15, 0.2) is 22.9 Å². The quantitative estimate of drug-likeness (QED) is 0.901. The molecule has 1 N–H and O–H groups in total. The van der Waals surface area contributed by atoms with Gasteiger partial charge in [-0.05, 0) is 73.3 Å². The molecule has 2 rings (SSSR count). The van der Waals surface area contributed by atoms with Crippen LogP contribution in [0.1, 0.15) is 32.3 Å². The van der Waals surface area contributed by atoms with E-state index in [9.17, 15) is 0 Å². The molecule has 19 heavy (non-hydrogen) atoms. The van der Waals surface area contributed by atoms with Gasteiger partial charge in [-0.15, -0.1) is 0 Å². The monoisotopic (exact) mass is 325 g/mol. The maximum absolute atomic E-state index is 4.26. The average molecular weight is 326 g/mol. The molecule has 0 spiro atoms. The minimum Gasteiger partial charge on any atom is -0.316 e. The number of nitrogens with one attached hydrogen (secondary N) is 1. The number of piperidine rings is 1. The Hall–Kier alpha value is -0.450. The van der Waals surface area contributed by atoms with Gasteiger partial charge in [0.2, 0.25) is 0 Å². The van der Waals surface area contributed by atoms with Gasteiger partial charge in [-0.1, -0.05) is 0 Å². The van der Waals surface area contributed by atoms with Gasteiger partial charge in [0, 0.05) is 36.0 Å². The van der Waals surface area contributed by atoms with Gasteiger partial charge < -0.3 is 5.32 Å². The van der Waals surface area contributed by atoms with Crippen LogP contribution in [0, 0.1) is 5.92 Å². The molecular formula is C15H24BrN3. The van der Waals surface area contributed by atoms with E-state index in [1.165, 1.54) is 38.0 Å². The number of hydrogen-bond acceptors (Lipinski definition) is 3. The lowest BCUT2D eigenvalue weighted by Crippen LogP contribution is -2.40. The predicted molar refractivity (Wildman–Crippen MR) is 83.1 cm³/mol. The molecule has 1 aliphatic rings. The molecule has 2 heterocycles. The van der Waals surface area contributed by atoms with E-state index in [0.29, 0.717) is 6.04 Å². The van der Waals surface area contributed by atoms with E-state index in [4.69, 9.17) is 0 Å². The zero-order valence-electron chi connectivity index (χ0n) is 11.9. The highest BCUT2D eigenvalue weighted by Crippen LogP contribution is 2.17. The summed E-state index contributed by atoms with van der Waals surface area (Å²) in [6, 6.07) is 2.74. The van der Waals surface area contributed by atoms with Gasteiger partial charge >= 0.3 is 0 Å². The second-order valence-electron chi connectivity index (χ2n) is 5.75. The molecule has 0 bridgehead atoms. The lowest BCUT2D eigenvalue weighted by Gasteiger charge is -2.32. The van der Waals surface area contributed by atoms with Gasteiger partial charge in [0.1, 0.15) is 0 Å². The summed E-state index contributed by atoms with van der Waals surface area (Å²) in [4.78, 5) is 6.81. The highest BCUT2D eigenvalue weighted by Gasteiger charge is 2.19. The van der Waals surface area contributed by atoms with Crippen molar-refractivity contribution in [2.75, 3.05) is 19.6 Å². The highest BCUT2D eigenvalue weighted by molar-refractivity contribution is 9.10. The second-order valence-corrected chi connectivity index (χ2v) is 6.66. The molecule has 1 fully saturated rings. The largest absolute Gasteiger partial charge is 0.316 e. The van der Waals surface area contributed by atoms with Gasteiger partial charge in [0.15, 0.2) is 0 Å². The topological polar surface area (TPSA) is 28.2 Å². The van der Waals surface area contributed by atoms with E-state index < -0.39 is 0 Å². The molecule has 1 aliphatic heterocycles. The fraction of sp³-hybridized carbons (Fsp3) is 0.667. The first-order valence-electron chi connectivity index (χ1n) is 7.19. The number of halogens is 1. The van der Waals surface area contributed by atoms with Crippen molar-refractivity contribution < 1.29 is 0 Å². The maximum Gasteiger partial charge on any atom is 0.0410 e. The van der Waals surface area contributed by atoms with Crippen molar-refractivity contribution in [1.82, 2.24) is 15.2 Å². The van der Waals surface area contributed by atoms with Crippen molar-refractivity contribution in [2.24, 2.45) is 5.92 Å². The van der Waals surface area contributed by atoms with Crippen LogP contribution in [-0.2, 0) is 6.54 Å². The molecule has 0 amide bonds. The van der Waals surface area contributed by atoms with Gasteiger partial charge in [0.05, 0.1) is 0 Å². The van der Waals surface area contributed by atoms with Gasteiger partial charge in [0.25, 0.3) is 0 Å². The molecule has 0 aliphatic carbocycles. The molecule has 3 nitrogen and oxygen atoms in total. The van der Waals surface area contributed by atoms with Gasteiger partial charge in [-0.25, -0.2) is 0 Å². The minimum atomic E-state index is 0.570. The molecular weight excluding hydrogens is 302 g/mol. The van der Waals surface area contributed by atoms with Crippen LogP contribution >= 0.6 is 15.9 Å². The first-order valence-corrected chi connectivity index (χ1v) is 7.98. The normalized spacial score (nSPS) is 20.2. The Morgan fingerprint density at radius 2 is 2.32 bits per heavy atom. The summed E-state index contributed by atoms with van der Waals surface area (Å²) in [5.74, 6) is 0.788. The third kappa shape index (κ3) is 4.86. The zero-order valence-corrected chi connectivity index (χ0v) is 13.5. The summed E-state index contributed by atoms with van der Waals surface area (Å²) in [6.07, 6.45) is 6.48. The Morgan fingerprint density at radius 1 is 1.47 bits per heavy atom. The number of pyridine rings is 1. The van der Waals surface area contributed by atoms with E-state index in [1.807, 2.05) is 12.4 Å². The van der Waals surface area contributed by atoms with E-state index in [2.05, 4.69) is 51.0 Å². The summed E-state index contributed by atoms with van der Waals surface area (Å²) in [5, 5.41) is 3.51. The highest BCUT2D eigenvalue weighted by atomic mass is 79.9. The van der Waals surface area contributed by atoms with Crippen molar-refractivity contribution in [1.29, 1.82) is 0 Å². The van der Waals surface area contributed by atoms with E-state index in [1.54, 1.807) is 0 Å². The van der Waals surface area contributed by atoms with E-state index in [-0.39, 0.29) is 0 Å². The molecule has 1 atom stereocenters. The smallest absolute Gasteiger partial charge is 0.0410 e. The van der Waals surface area contributed by atoms with Crippen molar-refractivity contribution in [3.63, 3.8) is 0 Å². The lowest BCUT2D eigenvalue weighted by molar-refractivity contribution is 0.163. The van der Waals surface area contributed by atoms with Crippen LogP contribution in [0.5, 0.6) is 0 Å².